The highest BCUT2D eigenvalue weighted by Crippen LogP contribution is 2.14. The second-order valence-corrected chi connectivity index (χ2v) is 6.03. The zero-order valence-electron chi connectivity index (χ0n) is 16.3. The predicted molar refractivity (Wildman–Crippen MR) is 109 cm³/mol. The van der Waals surface area contributed by atoms with E-state index in [1.807, 2.05) is 32.0 Å². The molecule has 0 saturated heterocycles. The van der Waals surface area contributed by atoms with E-state index < -0.39 is 0 Å². The Hall–Kier alpha value is -3.09. The molecule has 7 heteroatoms. The lowest BCUT2D eigenvalue weighted by Gasteiger charge is -2.12. The summed E-state index contributed by atoms with van der Waals surface area (Å²) in [6.07, 6.45) is 0. The molecule has 2 aromatic rings. The fourth-order valence-electron chi connectivity index (χ4n) is 2.46. The van der Waals surface area contributed by atoms with Crippen LogP contribution in [0.2, 0.25) is 0 Å². The van der Waals surface area contributed by atoms with Crippen molar-refractivity contribution in [3.05, 3.63) is 65.5 Å². The van der Waals surface area contributed by atoms with Gasteiger partial charge >= 0.3 is 0 Å². The SMILES string of the molecule is CCNC(=O)COc1cccc(CN=C(NCC)NCc2ccccc2F)c1. The molecule has 0 aliphatic heterocycles. The van der Waals surface area contributed by atoms with Crippen molar-refractivity contribution >= 4 is 11.9 Å². The number of benzene rings is 2. The molecular formula is C21H27FN4O2. The molecular weight excluding hydrogens is 359 g/mol. The molecule has 0 aliphatic rings. The summed E-state index contributed by atoms with van der Waals surface area (Å²) in [5.41, 5.74) is 1.52. The lowest BCUT2D eigenvalue weighted by atomic mass is 10.2. The van der Waals surface area contributed by atoms with Crippen molar-refractivity contribution in [1.29, 1.82) is 0 Å². The van der Waals surface area contributed by atoms with Crippen LogP contribution in [-0.4, -0.2) is 31.6 Å². The maximum Gasteiger partial charge on any atom is 0.257 e. The zero-order chi connectivity index (χ0) is 20.2. The van der Waals surface area contributed by atoms with Crippen LogP contribution < -0.4 is 20.7 Å². The number of guanidine groups is 1. The molecule has 0 atom stereocenters. The van der Waals surface area contributed by atoms with Crippen molar-refractivity contribution in [1.82, 2.24) is 16.0 Å². The number of hydrogen-bond acceptors (Lipinski definition) is 3. The van der Waals surface area contributed by atoms with E-state index in [1.165, 1.54) is 6.07 Å². The molecule has 150 valence electrons. The highest BCUT2D eigenvalue weighted by molar-refractivity contribution is 5.79. The van der Waals surface area contributed by atoms with Gasteiger partial charge in [0, 0.05) is 25.2 Å². The molecule has 6 nitrogen and oxygen atoms in total. The third-order valence-corrected chi connectivity index (χ3v) is 3.81. The number of amides is 1. The Kier molecular flexibility index (Phi) is 8.78. The van der Waals surface area contributed by atoms with Gasteiger partial charge in [0.05, 0.1) is 6.54 Å². The molecule has 0 aliphatic carbocycles. The normalized spacial score (nSPS) is 11.0. The Morgan fingerprint density at radius 3 is 2.57 bits per heavy atom. The molecule has 0 radical (unpaired) electrons. The van der Waals surface area contributed by atoms with Crippen molar-refractivity contribution in [3.8, 4) is 5.75 Å². The van der Waals surface area contributed by atoms with Gasteiger partial charge in [-0.2, -0.15) is 0 Å². The van der Waals surface area contributed by atoms with Crippen LogP contribution in [0, 0.1) is 5.82 Å². The fraction of sp³-hybridized carbons (Fsp3) is 0.333. The van der Waals surface area contributed by atoms with Crippen LogP contribution in [0.25, 0.3) is 0 Å². The summed E-state index contributed by atoms with van der Waals surface area (Å²) in [5, 5.41) is 8.96. The number of ether oxygens (including phenoxy) is 1. The Labute approximate surface area is 165 Å². The average Bonchev–Trinajstić information content (AvgIpc) is 2.70. The number of carbonyl (C=O) groups is 1. The Morgan fingerprint density at radius 1 is 1.04 bits per heavy atom. The summed E-state index contributed by atoms with van der Waals surface area (Å²) in [6, 6.07) is 14.1. The van der Waals surface area contributed by atoms with Crippen LogP contribution in [0.4, 0.5) is 4.39 Å². The van der Waals surface area contributed by atoms with Gasteiger partial charge in [-0.25, -0.2) is 9.38 Å². The van der Waals surface area contributed by atoms with Crippen molar-refractivity contribution in [2.24, 2.45) is 4.99 Å². The standard InChI is InChI=1S/C21H27FN4O2/c1-3-23-20(27)15-28-18-10-7-8-16(12-18)13-25-21(24-4-2)26-14-17-9-5-6-11-19(17)22/h5-12H,3-4,13-15H2,1-2H3,(H,23,27)(H2,24,25,26). The van der Waals surface area contributed by atoms with Gasteiger partial charge in [0.25, 0.3) is 5.91 Å². The first kappa shape index (κ1) is 21.2. The summed E-state index contributed by atoms with van der Waals surface area (Å²) in [7, 11) is 0. The van der Waals surface area contributed by atoms with E-state index in [4.69, 9.17) is 4.74 Å². The van der Waals surface area contributed by atoms with Crippen LogP contribution in [0.3, 0.4) is 0 Å². The molecule has 0 aromatic heterocycles. The maximum absolute atomic E-state index is 13.8. The predicted octanol–water partition coefficient (Wildman–Crippen LogP) is 2.60. The minimum atomic E-state index is -0.247. The first-order valence-electron chi connectivity index (χ1n) is 9.36. The second kappa shape index (κ2) is 11.6. The van der Waals surface area contributed by atoms with E-state index in [-0.39, 0.29) is 18.3 Å². The molecule has 28 heavy (non-hydrogen) atoms. The van der Waals surface area contributed by atoms with Gasteiger partial charge in [-0.3, -0.25) is 4.79 Å². The number of halogens is 1. The number of aliphatic imine (C=N–C) groups is 1. The molecule has 2 rings (SSSR count). The Morgan fingerprint density at radius 2 is 1.82 bits per heavy atom. The molecule has 2 aromatic carbocycles. The van der Waals surface area contributed by atoms with Gasteiger partial charge in [0.1, 0.15) is 11.6 Å². The van der Waals surface area contributed by atoms with Gasteiger partial charge in [0.15, 0.2) is 12.6 Å². The second-order valence-electron chi connectivity index (χ2n) is 6.03. The Balaban J connectivity index is 1.95. The molecule has 0 bridgehead atoms. The van der Waals surface area contributed by atoms with Crippen LogP contribution in [0.5, 0.6) is 5.75 Å². The van der Waals surface area contributed by atoms with Crippen molar-refractivity contribution < 1.29 is 13.9 Å². The minimum absolute atomic E-state index is 0.0204. The van der Waals surface area contributed by atoms with E-state index in [0.29, 0.717) is 43.5 Å². The average molecular weight is 386 g/mol. The first-order valence-corrected chi connectivity index (χ1v) is 9.36. The van der Waals surface area contributed by atoms with Gasteiger partial charge in [-0.1, -0.05) is 30.3 Å². The topological polar surface area (TPSA) is 74.8 Å². The number of nitrogens with one attached hydrogen (secondary N) is 3. The molecule has 0 fully saturated rings. The summed E-state index contributed by atoms with van der Waals surface area (Å²) in [6.45, 7) is 5.84. The molecule has 0 spiro atoms. The number of carbonyl (C=O) groups excluding carboxylic acids is 1. The van der Waals surface area contributed by atoms with Gasteiger partial charge in [-0.15, -0.1) is 0 Å². The van der Waals surface area contributed by atoms with Crippen LogP contribution in [0.1, 0.15) is 25.0 Å². The van der Waals surface area contributed by atoms with E-state index in [0.717, 1.165) is 5.56 Å². The summed E-state index contributed by atoms with van der Waals surface area (Å²) in [4.78, 5) is 16.0. The van der Waals surface area contributed by atoms with E-state index in [2.05, 4.69) is 20.9 Å². The quantitative estimate of drug-likeness (QED) is 0.457. The van der Waals surface area contributed by atoms with Crippen LogP contribution >= 0.6 is 0 Å². The van der Waals surface area contributed by atoms with Gasteiger partial charge in [0.2, 0.25) is 0 Å². The summed E-state index contributed by atoms with van der Waals surface area (Å²) >= 11 is 0. The molecule has 1 amide bonds. The highest BCUT2D eigenvalue weighted by atomic mass is 19.1. The van der Waals surface area contributed by atoms with E-state index >= 15 is 0 Å². The lowest BCUT2D eigenvalue weighted by Crippen LogP contribution is -2.37. The zero-order valence-corrected chi connectivity index (χ0v) is 16.3. The van der Waals surface area contributed by atoms with Crippen molar-refractivity contribution in [3.63, 3.8) is 0 Å². The third-order valence-electron chi connectivity index (χ3n) is 3.81. The van der Waals surface area contributed by atoms with E-state index in [9.17, 15) is 9.18 Å². The van der Waals surface area contributed by atoms with Crippen LogP contribution in [-0.2, 0) is 17.9 Å². The van der Waals surface area contributed by atoms with Crippen molar-refractivity contribution in [2.45, 2.75) is 26.9 Å². The molecule has 3 N–H and O–H groups in total. The summed E-state index contributed by atoms with van der Waals surface area (Å²) in [5.74, 6) is 0.808. The monoisotopic (exact) mass is 386 g/mol. The molecule has 0 saturated carbocycles. The Bertz CT molecular complexity index is 795. The number of nitrogens with zero attached hydrogens (tertiary/aromatic N) is 1. The molecule has 0 unspecified atom stereocenters. The fourth-order valence-corrected chi connectivity index (χ4v) is 2.46. The van der Waals surface area contributed by atoms with Crippen LogP contribution in [0.15, 0.2) is 53.5 Å². The summed E-state index contributed by atoms with van der Waals surface area (Å²) < 4.78 is 19.3. The van der Waals surface area contributed by atoms with Crippen molar-refractivity contribution in [2.75, 3.05) is 19.7 Å². The lowest BCUT2D eigenvalue weighted by molar-refractivity contribution is -0.122. The molecule has 0 heterocycles. The minimum Gasteiger partial charge on any atom is -0.484 e. The number of rotatable bonds is 9. The first-order chi connectivity index (χ1) is 13.6. The number of hydrogen-bond donors (Lipinski definition) is 3. The van der Waals surface area contributed by atoms with Gasteiger partial charge in [-0.05, 0) is 37.6 Å². The van der Waals surface area contributed by atoms with Gasteiger partial charge < -0.3 is 20.7 Å². The van der Waals surface area contributed by atoms with E-state index in [1.54, 1.807) is 24.3 Å². The highest BCUT2D eigenvalue weighted by Gasteiger charge is 2.04. The third kappa shape index (κ3) is 7.26. The smallest absolute Gasteiger partial charge is 0.257 e. The largest absolute Gasteiger partial charge is 0.484 e. The number of likely N-dealkylation sites (N-methyl/N-ethyl adjacent to an activating group) is 1. The maximum atomic E-state index is 13.8.